The van der Waals surface area contributed by atoms with Crippen molar-refractivity contribution in [3.8, 4) is 0 Å². The molecule has 1 heterocycles. The van der Waals surface area contributed by atoms with Gasteiger partial charge in [0.25, 0.3) is 0 Å². The van der Waals surface area contributed by atoms with E-state index in [1.54, 1.807) is 0 Å². The number of benzene rings is 1. The lowest BCUT2D eigenvalue weighted by atomic mass is 9.69. The summed E-state index contributed by atoms with van der Waals surface area (Å²) in [7, 11) is 0. The van der Waals surface area contributed by atoms with Crippen molar-refractivity contribution in [3.05, 3.63) is 28.0 Å². The highest BCUT2D eigenvalue weighted by molar-refractivity contribution is 9.10. The first kappa shape index (κ1) is 13.0. The van der Waals surface area contributed by atoms with Crippen LogP contribution in [0, 0.1) is 5.82 Å². The molecule has 1 saturated carbocycles. The van der Waals surface area contributed by atoms with E-state index in [2.05, 4.69) is 21.2 Å². The van der Waals surface area contributed by atoms with Gasteiger partial charge >= 0.3 is 0 Å². The summed E-state index contributed by atoms with van der Waals surface area (Å²) in [5.41, 5.74) is 0.0123. The van der Waals surface area contributed by atoms with Gasteiger partial charge in [-0.3, -0.25) is 4.79 Å². The number of alkyl halides is 2. The second-order valence-electron chi connectivity index (χ2n) is 5.20. The lowest BCUT2D eigenvalue weighted by Crippen LogP contribution is -2.41. The van der Waals surface area contributed by atoms with Crippen LogP contribution in [0.2, 0.25) is 0 Å². The molecule has 1 spiro atoms. The van der Waals surface area contributed by atoms with Crippen molar-refractivity contribution >= 4 is 27.5 Å². The fourth-order valence-electron chi connectivity index (χ4n) is 2.97. The fourth-order valence-corrected chi connectivity index (χ4v) is 3.50. The van der Waals surface area contributed by atoms with Crippen molar-refractivity contribution in [2.45, 2.75) is 37.0 Å². The highest BCUT2D eigenvalue weighted by atomic mass is 79.9. The number of rotatable bonds is 0. The molecule has 102 valence electrons. The van der Waals surface area contributed by atoms with E-state index in [0.717, 1.165) is 0 Å². The minimum Gasteiger partial charge on any atom is -0.324 e. The van der Waals surface area contributed by atoms with Crippen LogP contribution >= 0.6 is 15.9 Å². The molecule has 0 aromatic heterocycles. The predicted octanol–water partition coefficient (Wildman–Crippen LogP) is 3.99. The van der Waals surface area contributed by atoms with Gasteiger partial charge in [0.15, 0.2) is 0 Å². The summed E-state index contributed by atoms with van der Waals surface area (Å²) < 4.78 is 40.5. The molecule has 3 rings (SSSR count). The maximum atomic E-state index is 13.5. The second kappa shape index (κ2) is 3.98. The Balaban J connectivity index is 2.08. The second-order valence-corrected chi connectivity index (χ2v) is 6.06. The number of anilines is 1. The molecule has 0 radical (unpaired) electrons. The maximum absolute atomic E-state index is 13.5. The Morgan fingerprint density at radius 2 is 1.79 bits per heavy atom. The Kier molecular flexibility index (Phi) is 2.71. The molecule has 1 aromatic rings. The van der Waals surface area contributed by atoms with Crippen LogP contribution in [0.4, 0.5) is 18.9 Å². The predicted molar refractivity (Wildman–Crippen MR) is 67.8 cm³/mol. The van der Waals surface area contributed by atoms with Gasteiger partial charge in [0.2, 0.25) is 11.8 Å². The highest BCUT2D eigenvalue weighted by Crippen LogP contribution is 2.52. The molecule has 1 aromatic carbocycles. The van der Waals surface area contributed by atoms with Gasteiger partial charge in [-0.25, -0.2) is 13.2 Å². The Morgan fingerprint density at radius 3 is 2.42 bits per heavy atom. The minimum atomic E-state index is -2.72. The summed E-state index contributed by atoms with van der Waals surface area (Å²) in [4.78, 5) is 12.2. The van der Waals surface area contributed by atoms with Crippen LogP contribution in [0.5, 0.6) is 0 Å². The van der Waals surface area contributed by atoms with Crippen molar-refractivity contribution in [2.75, 3.05) is 5.32 Å². The zero-order valence-corrected chi connectivity index (χ0v) is 11.5. The monoisotopic (exact) mass is 333 g/mol. The molecule has 1 fully saturated rings. The van der Waals surface area contributed by atoms with Crippen LogP contribution in [0.25, 0.3) is 0 Å². The normalized spacial score (nSPS) is 23.3. The van der Waals surface area contributed by atoms with Gasteiger partial charge in [0.1, 0.15) is 5.82 Å². The van der Waals surface area contributed by atoms with Crippen LogP contribution in [-0.2, 0) is 10.2 Å². The van der Waals surface area contributed by atoms with E-state index in [1.807, 2.05) is 0 Å². The molecule has 0 unspecified atom stereocenters. The minimum absolute atomic E-state index is 0.0503. The molecule has 0 atom stereocenters. The van der Waals surface area contributed by atoms with E-state index >= 15 is 0 Å². The quantitative estimate of drug-likeness (QED) is 0.764. The van der Waals surface area contributed by atoms with Crippen molar-refractivity contribution < 1.29 is 18.0 Å². The summed E-state index contributed by atoms with van der Waals surface area (Å²) in [5.74, 6) is -3.50. The van der Waals surface area contributed by atoms with E-state index in [-0.39, 0.29) is 31.6 Å². The first-order valence-corrected chi connectivity index (χ1v) is 6.82. The van der Waals surface area contributed by atoms with Gasteiger partial charge < -0.3 is 5.32 Å². The van der Waals surface area contributed by atoms with Crippen LogP contribution in [0.15, 0.2) is 16.6 Å². The van der Waals surface area contributed by atoms with Gasteiger partial charge in [-0.15, -0.1) is 0 Å². The standard InChI is InChI=1S/C13H11BrF3NO/c14-9-6-7(15)5-8-10(9)18-11(19)12(8)1-3-13(16,17)4-2-12/h5-6H,1-4H2,(H,18,19). The third kappa shape index (κ3) is 1.88. The molecule has 1 aliphatic carbocycles. The molecule has 19 heavy (non-hydrogen) atoms. The SMILES string of the molecule is O=C1Nc2c(Br)cc(F)cc2C12CCC(F)(F)CC2. The smallest absolute Gasteiger partial charge is 0.248 e. The number of hydrogen-bond donors (Lipinski definition) is 1. The number of halogens is 4. The van der Waals surface area contributed by atoms with E-state index in [0.29, 0.717) is 15.7 Å². The van der Waals surface area contributed by atoms with Gasteiger partial charge in [0, 0.05) is 17.3 Å². The van der Waals surface area contributed by atoms with Gasteiger partial charge in [-0.2, -0.15) is 0 Å². The molecule has 2 nitrogen and oxygen atoms in total. The summed E-state index contributed by atoms with van der Waals surface area (Å²) in [5, 5.41) is 2.68. The number of carbonyl (C=O) groups excluding carboxylic acids is 1. The summed E-state index contributed by atoms with van der Waals surface area (Å²) in [6.45, 7) is 0. The van der Waals surface area contributed by atoms with Crippen molar-refractivity contribution in [2.24, 2.45) is 0 Å². The zero-order valence-electron chi connectivity index (χ0n) is 9.90. The Labute approximate surface area is 116 Å². The van der Waals surface area contributed by atoms with E-state index < -0.39 is 17.2 Å². The van der Waals surface area contributed by atoms with Crippen LogP contribution in [0.3, 0.4) is 0 Å². The topological polar surface area (TPSA) is 29.1 Å². The number of amides is 1. The molecular formula is C13H11BrF3NO. The molecule has 2 aliphatic rings. The average Bonchev–Trinajstić information content (AvgIpc) is 2.58. The molecule has 0 bridgehead atoms. The van der Waals surface area contributed by atoms with Gasteiger partial charge in [0.05, 0.1) is 11.1 Å². The highest BCUT2D eigenvalue weighted by Gasteiger charge is 2.53. The van der Waals surface area contributed by atoms with E-state index in [9.17, 15) is 18.0 Å². The molecular weight excluding hydrogens is 323 g/mol. The van der Waals surface area contributed by atoms with Crippen LogP contribution in [-0.4, -0.2) is 11.8 Å². The molecule has 6 heteroatoms. The van der Waals surface area contributed by atoms with E-state index in [1.165, 1.54) is 12.1 Å². The third-order valence-corrected chi connectivity index (χ3v) is 4.70. The average molecular weight is 334 g/mol. The van der Waals surface area contributed by atoms with Gasteiger partial charge in [-0.1, -0.05) is 0 Å². The number of hydrogen-bond acceptors (Lipinski definition) is 1. The number of carbonyl (C=O) groups is 1. The van der Waals surface area contributed by atoms with Crippen LogP contribution in [0.1, 0.15) is 31.2 Å². The fraction of sp³-hybridized carbons (Fsp3) is 0.462. The lowest BCUT2D eigenvalue weighted by molar-refractivity contribution is -0.125. The Morgan fingerprint density at radius 1 is 1.16 bits per heavy atom. The molecule has 1 amide bonds. The molecule has 0 saturated heterocycles. The van der Waals surface area contributed by atoms with Crippen molar-refractivity contribution in [1.29, 1.82) is 0 Å². The van der Waals surface area contributed by atoms with E-state index in [4.69, 9.17) is 0 Å². The summed E-state index contributed by atoms with van der Waals surface area (Å²) >= 11 is 3.20. The van der Waals surface area contributed by atoms with Crippen LogP contribution < -0.4 is 5.32 Å². The molecule has 1 aliphatic heterocycles. The van der Waals surface area contributed by atoms with Crippen molar-refractivity contribution in [1.82, 2.24) is 0 Å². The first-order valence-electron chi connectivity index (χ1n) is 6.03. The van der Waals surface area contributed by atoms with Crippen molar-refractivity contribution in [3.63, 3.8) is 0 Å². The van der Waals surface area contributed by atoms with Gasteiger partial charge in [-0.05, 0) is 46.5 Å². The number of nitrogens with one attached hydrogen (secondary N) is 1. The summed E-state index contributed by atoms with van der Waals surface area (Å²) in [6.07, 6.45) is -0.578. The maximum Gasteiger partial charge on any atom is 0.248 e. The first-order chi connectivity index (χ1) is 8.84. The Hall–Kier alpha value is -1.04. The largest absolute Gasteiger partial charge is 0.324 e. The third-order valence-electron chi connectivity index (χ3n) is 4.08. The number of fused-ring (bicyclic) bond motifs is 2. The lowest BCUT2D eigenvalue weighted by Gasteiger charge is -2.35. The molecule has 1 N–H and O–H groups in total. The summed E-state index contributed by atoms with van der Waals surface area (Å²) in [6, 6.07) is 2.54. The Bertz CT molecular complexity index is 563. The zero-order chi connectivity index (χ0) is 13.8.